The third kappa shape index (κ3) is 1.73. The first kappa shape index (κ1) is 7.08. The lowest BCUT2D eigenvalue weighted by Crippen LogP contribution is -1.95. The zero-order chi connectivity index (χ0) is 7.40. The minimum Gasteiger partial charge on any atom is -0.478 e. The molecule has 1 N–H and O–H groups in total. The monoisotopic (exact) mass is 155 g/mol. The van der Waals surface area contributed by atoms with Crippen LogP contribution in [0.2, 0.25) is 0 Å². The Balaban J connectivity index is 2.78. The number of hydrogen-bond donors (Lipinski definition) is 1. The van der Waals surface area contributed by atoms with Crippen LogP contribution in [0.25, 0.3) is 0 Å². The predicted octanol–water partition coefficient (Wildman–Crippen LogP) is 1.24. The molecule has 0 amide bonds. The number of hydrogen-bond acceptors (Lipinski definition) is 3. The molecule has 0 saturated carbocycles. The first-order valence-corrected chi connectivity index (χ1v) is 3.52. The van der Waals surface area contributed by atoms with Crippen molar-refractivity contribution in [2.24, 2.45) is 4.99 Å². The lowest BCUT2D eigenvalue weighted by Gasteiger charge is -1.87. The molecule has 0 aromatic carbocycles. The molecule has 1 heterocycles. The summed E-state index contributed by atoms with van der Waals surface area (Å²) in [7, 11) is 0. The van der Waals surface area contributed by atoms with Crippen LogP contribution in [0.4, 0.5) is 0 Å². The number of aliphatic carboxylic acids is 1. The van der Waals surface area contributed by atoms with E-state index in [2.05, 4.69) is 4.99 Å². The zero-order valence-electron chi connectivity index (χ0n) is 5.02. The van der Waals surface area contributed by atoms with Crippen molar-refractivity contribution in [3.8, 4) is 0 Å². The van der Waals surface area contributed by atoms with Gasteiger partial charge in [0.25, 0.3) is 0 Å². The van der Waals surface area contributed by atoms with Gasteiger partial charge in [-0.1, -0.05) is 11.8 Å². The fraction of sp³-hybridized carbons (Fsp3) is 0. The highest BCUT2D eigenvalue weighted by molar-refractivity contribution is 8.14. The molecule has 0 aromatic heterocycles. The quantitative estimate of drug-likeness (QED) is 0.619. The number of thioether (sulfide) groups is 1. The topological polar surface area (TPSA) is 49.7 Å². The second-order valence-corrected chi connectivity index (χ2v) is 2.30. The molecule has 0 spiro atoms. The van der Waals surface area contributed by atoms with E-state index in [1.54, 1.807) is 5.55 Å². The highest BCUT2D eigenvalue weighted by atomic mass is 32.2. The van der Waals surface area contributed by atoms with E-state index >= 15 is 0 Å². The molecule has 0 fully saturated rings. The Labute approximate surface area is 62.2 Å². The largest absolute Gasteiger partial charge is 0.478 e. The summed E-state index contributed by atoms with van der Waals surface area (Å²) in [4.78, 5) is 14.1. The number of carboxylic acids is 1. The summed E-state index contributed by atoms with van der Waals surface area (Å²) in [5, 5.41) is 10.0. The van der Waals surface area contributed by atoms with Crippen molar-refractivity contribution in [1.29, 1.82) is 0 Å². The molecule has 1 aliphatic rings. The Morgan fingerprint density at radius 2 is 2.50 bits per heavy atom. The molecule has 0 aliphatic carbocycles. The molecule has 3 nitrogen and oxygen atoms in total. The average Bonchev–Trinajstić information content (AvgIpc) is 2.12. The molecule has 0 aromatic rings. The van der Waals surface area contributed by atoms with E-state index in [1.807, 2.05) is 0 Å². The van der Waals surface area contributed by atoms with Gasteiger partial charge >= 0.3 is 5.97 Å². The van der Waals surface area contributed by atoms with E-state index in [1.165, 1.54) is 29.4 Å². The van der Waals surface area contributed by atoms with Crippen molar-refractivity contribution >= 4 is 23.3 Å². The maximum Gasteiger partial charge on any atom is 0.336 e. The van der Waals surface area contributed by atoms with E-state index in [4.69, 9.17) is 5.11 Å². The van der Waals surface area contributed by atoms with E-state index < -0.39 is 5.97 Å². The highest BCUT2D eigenvalue weighted by Gasteiger charge is 2.02. The van der Waals surface area contributed by atoms with Crippen molar-refractivity contribution < 1.29 is 9.90 Å². The first-order chi connectivity index (χ1) is 4.80. The number of rotatable bonds is 1. The summed E-state index contributed by atoms with van der Waals surface area (Å²) in [5.41, 5.74) is 1.84. The SMILES string of the molecule is O=C(O)C1=CSC=NC=C1. The Kier molecular flexibility index (Phi) is 2.28. The van der Waals surface area contributed by atoms with Gasteiger partial charge in [-0.3, -0.25) is 4.99 Å². The summed E-state index contributed by atoms with van der Waals surface area (Å²) >= 11 is 1.26. The molecule has 0 saturated heterocycles. The molecule has 1 rings (SSSR count). The van der Waals surface area contributed by atoms with Gasteiger partial charge in [-0.25, -0.2) is 4.79 Å². The fourth-order valence-corrected chi connectivity index (χ4v) is 0.986. The van der Waals surface area contributed by atoms with Crippen molar-refractivity contribution in [1.82, 2.24) is 0 Å². The molecule has 52 valence electrons. The third-order valence-electron chi connectivity index (χ3n) is 0.904. The minimum absolute atomic E-state index is 0.266. The number of aliphatic imine (C=N–C) groups is 1. The summed E-state index contributed by atoms with van der Waals surface area (Å²) in [6, 6.07) is 0. The van der Waals surface area contributed by atoms with Gasteiger partial charge in [-0.2, -0.15) is 0 Å². The van der Waals surface area contributed by atoms with Crippen molar-refractivity contribution in [3.63, 3.8) is 0 Å². The van der Waals surface area contributed by atoms with Gasteiger partial charge in [0, 0.05) is 6.20 Å². The number of carbonyl (C=O) groups is 1. The minimum atomic E-state index is -0.922. The first-order valence-electron chi connectivity index (χ1n) is 2.58. The summed E-state index contributed by atoms with van der Waals surface area (Å²) < 4.78 is 0. The summed E-state index contributed by atoms with van der Waals surface area (Å²) in [6.07, 6.45) is 2.92. The zero-order valence-corrected chi connectivity index (χ0v) is 5.84. The number of carboxylic acid groups (broad SMARTS) is 1. The van der Waals surface area contributed by atoms with Crippen molar-refractivity contribution in [3.05, 3.63) is 23.3 Å². The molecule has 4 heteroatoms. The highest BCUT2D eigenvalue weighted by Crippen LogP contribution is 2.09. The molecular weight excluding hydrogens is 150 g/mol. The Hall–Kier alpha value is -1.03. The lowest BCUT2D eigenvalue weighted by molar-refractivity contribution is -0.132. The third-order valence-corrected chi connectivity index (χ3v) is 1.54. The maximum absolute atomic E-state index is 10.3. The number of nitrogens with zero attached hydrogens (tertiary/aromatic N) is 1. The average molecular weight is 155 g/mol. The Bertz CT molecular complexity index is 230. The standard InChI is InChI=1S/C6H5NO2S/c8-6(9)5-1-2-7-4-10-3-5/h1-4H,(H,8,9). The van der Waals surface area contributed by atoms with Gasteiger partial charge in [0.05, 0.1) is 11.1 Å². The fourth-order valence-electron chi connectivity index (χ4n) is 0.458. The molecule has 0 bridgehead atoms. The van der Waals surface area contributed by atoms with E-state index in [0.717, 1.165) is 0 Å². The van der Waals surface area contributed by atoms with Crippen LogP contribution in [0.5, 0.6) is 0 Å². The van der Waals surface area contributed by atoms with Gasteiger partial charge in [0.1, 0.15) is 0 Å². The lowest BCUT2D eigenvalue weighted by atomic mass is 10.3. The molecular formula is C6H5NO2S. The van der Waals surface area contributed by atoms with E-state index in [-0.39, 0.29) is 5.57 Å². The molecule has 0 radical (unpaired) electrons. The molecule has 1 aliphatic heterocycles. The van der Waals surface area contributed by atoms with Crippen molar-refractivity contribution in [2.75, 3.05) is 0 Å². The normalized spacial score (nSPS) is 16.2. The van der Waals surface area contributed by atoms with Crippen LogP contribution in [0.3, 0.4) is 0 Å². The van der Waals surface area contributed by atoms with E-state index in [0.29, 0.717) is 0 Å². The van der Waals surface area contributed by atoms with E-state index in [9.17, 15) is 4.79 Å². The second kappa shape index (κ2) is 3.22. The summed E-state index contributed by atoms with van der Waals surface area (Å²) in [5.74, 6) is -0.922. The van der Waals surface area contributed by atoms with Gasteiger partial charge in [0.15, 0.2) is 0 Å². The molecule has 0 unspecified atom stereocenters. The summed E-state index contributed by atoms with van der Waals surface area (Å²) in [6.45, 7) is 0. The molecule has 0 atom stereocenters. The Morgan fingerprint density at radius 1 is 1.70 bits per heavy atom. The predicted molar refractivity (Wildman–Crippen MR) is 40.9 cm³/mol. The smallest absolute Gasteiger partial charge is 0.336 e. The van der Waals surface area contributed by atoms with Gasteiger partial charge in [-0.15, -0.1) is 0 Å². The van der Waals surface area contributed by atoms with Crippen molar-refractivity contribution in [2.45, 2.75) is 0 Å². The van der Waals surface area contributed by atoms with Gasteiger partial charge in [0.2, 0.25) is 0 Å². The maximum atomic E-state index is 10.3. The second-order valence-electron chi connectivity index (χ2n) is 1.58. The molecule has 10 heavy (non-hydrogen) atoms. The van der Waals surface area contributed by atoms with Crippen LogP contribution >= 0.6 is 11.8 Å². The van der Waals surface area contributed by atoms with Gasteiger partial charge in [-0.05, 0) is 11.5 Å². The Morgan fingerprint density at radius 3 is 3.20 bits per heavy atom. The van der Waals surface area contributed by atoms with Crippen LogP contribution in [-0.2, 0) is 4.79 Å². The van der Waals surface area contributed by atoms with Gasteiger partial charge < -0.3 is 5.11 Å². The van der Waals surface area contributed by atoms with Crippen LogP contribution in [0.15, 0.2) is 28.2 Å². The van der Waals surface area contributed by atoms with Crippen LogP contribution in [0.1, 0.15) is 0 Å². The van der Waals surface area contributed by atoms with Crippen LogP contribution in [-0.4, -0.2) is 16.6 Å². The van der Waals surface area contributed by atoms with Crippen LogP contribution < -0.4 is 0 Å². The van der Waals surface area contributed by atoms with Crippen LogP contribution in [0, 0.1) is 0 Å².